The lowest BCUT2D eigenvalue weighted by atomic mass is 9.95. The van der Waals surface area contributed by atoms with E-state index in [4.69, 9.17) is 10.5 Å². The summed E-state index contributed by atoms with van der Waals surface area (Å²) in [5, 5.41) is 2.65. The van der Waals surface area contributed by atoms with Gasteiger partial charge in [0, 0.05) is 25.4 Å². The lowest BCUT2D eigenvalue weighted by Gasteiger charge is -2.33. The van der Waals surface area contributed by atoms with Crippen molar-refractivity contribution in [2.45, 2.75) is 32.2 Å². The maximum atomic E-state index is 12.9. The topological polar surface area (TPSA) is 102 Å². The van der Waals surface area contributed by atoms with Gasteiger partial charge >= 0.3 is 6.09 Å². The molecule has 25 heavy (non-hydrogen) atoms. The van der Waals surface area contributed by atoms with Crippen LogP contribution in [-0.4, -0.2) is 48.5 Å². The molecule has 1 aromatic carbocycles. The van der Waals surface area contributed by atoms with Crippen molar-refractivity contribution in [2.75, 3.05) is 19.7 Å². The quantitative estimate of drug-likeness (QED) is 0.803. The SMILES string of the molecule is CCOC(=O)NC(Cc1ccccc1)C(=O)N1CCC(C(N)=O)CC1. The first-order chi connectivity index (χ1) is 12.0. The van der Waals surface area contributed by atoms with Gasteiger partial charge in [-0.3, -0.25) is 9.59 Å². The Hall–Kier alpha value is -2.57. The van der Waals surface area contributed by atoms with Gasteiger partial charge in [-0.1, -0.05) is 30.3 Å². The number of hydrogen-bond donors (Lipinski definition) is 2. The molecule has 7 heteroatoms. The highest BCUT2D eigenvalue weighted by Crippen LogP contribution is 2.18. The van der Waals surface area contributed by atoms with Crippen molar-refractivity contribution in [1.29, 1.82) is 0 Å². The molecule has 3 amide bonds. The minimum atomic E-state index is -0.702. The summed E-state index contributed by atoms with van der Waals surface area (Å²) in [5.41, 5.74) is 6.28. The van der Waals surface area contributed by atoms with E-state index >= 15 is 0 Å². The Labute approximate surface area is 147 Å². The fourth-order valence-electron chi connectivity index (χ4n) is 2.97. The van der Waals surface area contributed by atoms with Crippen LogP contribution in [-0.2, 0) is 20.7 Å². The number of primary amides is 1. The molecule has 3 N–H and O–H groups in total. The van der Waals surface area contributed by atoms with Gasteiger partial charge in [0.15, 0.2) is 0 Å². The molecule has 0 spiro atoms. The van der Waals surface area contributed by atoms with Crippen LogP contribution in [0.15, 0.2) is 30.3 Å². The maximum Gasteiger partial charge on any atom is 0.407 e. The smallest absolute Gasteiger partial charge is 0.407 e. The van der Waals surface area contributed by atoms with Crippen LogP contribution in [0, 0.1) is 5.92 Å². The van der Waals surface area contributed by atoms with Gasteiger partial charge in [-0.25, -0.2) is 4.79 Å². The third-order valence-corrected chi connectivity index (χ3v) is 4.36. The third kappa shape index (κ3) is 5.48. The van der Waals surface area contributed by atoms with Crippen LogP contribution >= 0.6 is 0 Å². The van der Waals surface area contributed by atoms with Gasteiger partial charge in [-0.05, 0) is 25.3 Å². The van der Waals surface area contributed by atoms with Gasteiger partial charge in [-0.2, -0.15) is 0 Å². The van der Waals surface area contributed by atoms with E-state index in [0.29, 0.717) is 32.4 Å². The van der Waals surface area contributed by atoms with Crippen LogP contribution < -0.4 is 11.1 Å². The van der Waals surface area contributed by atoms with E-state index in [1.54, 1.807) is 11.8 Å². The molecule has 1 aliphatic rings. The summed E-state index contributed by atoms with van der Waals surface area (Å²) in [5.74, 6) is -0.674. The summed E-state index contributed by atoms with van der Waals surface area (Å²) in [6.45, 7) is 2.87. The van der Waals surface area contributed by atoms with E-state index in [0.717, 1.165) is 5.56 Å². The number of benzene rings is 1. The number of nitrogens with zero attached hydrogens (tertiary/aromatic N) is 1. The largest absolute Gasteiger partial charge is 0.450 e. The zero-order chi connectivity index (χ0) is 18.2. The predicted molar refractivity (Wildman–Crippen MR) is 92.6 cm³/mol. The molecule has 1 aliphatic heterocycles. The number of amides is 3. The number of carbonyl (C=O) groups excluding carboxylic acids is 3. The minimum absolute atomic E-state index is 0.167. The summed E-state index contributed by atoms with van der Waals surface area (Å²) in [7, 11) is 0. The van der Waals surface area contributed by atoms with Gasteiger partial charge in [0.25, 0.3) is 0 Å². The first kappa shape index (κ1) is 18.8. The van der Waals surface area contributed by atoms with Gasteiger partial charge in [0.2, 0.25) is 11.8 Å². The fourth-order valence-corrected chi connectivity index (χ4v) is 2.97. The molecule has 1 aromatic rings. The van der Waals surface area contributed by atoms with Crippen molar-refractivity contribution >= 4 is 17.9 Å². The number of piperidine rings is 1. The highest BCUT2D eigenvalue weighted by atomic mass is 16.5. The van der Waals surface area contributed by atoms with Crippen molar-refractivity contribution in [3.63, 3.8) is 0 Å². The molecule has 7 nitrogen and oxygen atoms in total. The molecule has 1 unspecified atom stereocenters. The number of nitrogens with one attached hydrogen (secondary N) is 1. The van der Waals surface area contributed by atoms with Crippen LogP contribution in [0.25, 0.3) is 0 Å². The van der Waals surface area contributed by atoms with Crippen molar-refractivity contribution in [3.8, 4) is 0 Å². The highest BCUT2D eigenvalue weighted by Gasteiger charge is 2.31. The zero-order valence-corrected chi connectivity index (χ0v) is 14.4. The van der Waals surface area contributed by atoms with E-state index in [-0.39, 0.29) is 24.3 Å². The molecule has 1 fully saturated rings. The summed E-state index contributed by atoms with van der Waals surface area (Å²) < 4.78 is 4.91. The molecule has 1 atom stereocenters. The molecular weight excluding hydrogens is 322 g/mol. The van der Waals surface area contributed by atoms with Gasteiger partial charge in [0.1, 0.15) is 6.04 Å². The Kier molecular flexibility index (Phi) is 6.80. The second-order valence-corrected chi connectivity index (χ2v) is 6.11. The first-order valence-electron chi connectivity index (χ1n) is 8.56. The molecule has 1 heterocycles. The average molecular weight is 347 g/mol. The molecule has 0 aliphatic carbocycles. The Balaban J connectivity index is 2.04. The highest BCUT2D eigenvalue weighted by molar-refractivity contribution is 5.86. The first-order valence-corrected chi connectivity index (χ1v) is 8.56. The Morgan fingerprint density at radius 3 is 2.44 bits per heavy atom. The average Bonchev–Trinajstić information content (AvgIpc) is 2.61. The van der Waals surface area contributed by atoms with E-state index < -0.39 is 12.1 Å². The van der Waals surface area contributed by atoms with Gasteiger partial charge in [0.05, 0.1) is 6.61 Å². The molecular formula is C18H25N3O4. The molecule has 0 bridgehead atoms. The van der Waals surface area contributed by atoms with E-state index in [1.165, 1.54) is 0 Å². The predicted octanol–water partition coefficient (Wildman–Crippen LogP) is 1.07. The van der Waals surface area contributed by atoms with E-state index in [9.17, 15) is 14.4 Å². The van der Waals surface area contributed by atoms with E-state index in [2.05, 4.69) is 5.32 Å². The summed E-state index contributed by atoms with van der Waals surface area (Å²) >= 11 is 0. The van der Waals surface area contributed by atoms with Crippen LogP contribution in [0.2, 0.25) is 0 Å². The van der Waals surface area contributed by atoms with Crippen molar-refractivity contribution in [2.24, 2.45) is 11.7 Å². The summed E-state index contributed by atoms with van der Waals surface area (Å²) in [4.78, 5) is 37.6. The van der Waals surface area contributed by atoms with Crippen LogP contribution in [0.1, 0.15) is 25.3 Å². The molecule has 0 saturated carbocycles. The van der Waals surface area contributed by atoms with Crippen LogP contribution in [0.4, 0.5) is 4.79 Å². The van der Waals surface area contributed by atoms with Crippen LogP contribution in [0.3, 0.4) is 0 Å². The number of hydrogen-bond acceptors (Lipinski definition) is 4. The molecule has 0 radical (unpaired) electrons. The molecule has 0 aromatic heterocycles. The molecule has 1 saturated heterocycles. The number of likely N-dealkylation sites (tertiary alicyclic amines) is 1. The second-order valence-electron chi connectivity index (χ2n) is 6.11. The minimum Gasteiger partial charge on any atom is -0.450 e. The van der Waals surface area contributed by atoms with E-state index in [1.807, 2.05) is 30.3 Å². The summed E-state index contributed by atoms with van der Waals surface area (Å²) in [6.07, 6.45) is 0.884. The number of rotatable bonds is 6. The monoisotopic (exact) mass is 347 g/mol. The zero-order valence-electron chi connectivity index (χ0n) is 14.4. The second kappa shape index (κ2) is 9.05. The Bertz CT molecular complexity index is 598. The molecule has 2 rings (SSSR count). The normalized spacial score (nSPS) is 16.1. The lowest BCUT2D eigenvalue weighted by molar-refractivity contribution is -0.136. The van der Waals surface area contributed by atoms with Crippen LogP contribution in [0.5, 0.6) is 0 Å². The maximum absolute atomic E-state index is 12.9. The standard InChI is InChI=1S/C18H25N3O4/c1-2-25-18(24)20-15(12-13-6-4-3-5-7-13)17(23)21-10-8-14(9-11-21)16(19)22/h3-7,14-15H,2,8-12H2,1H3,(H2,19,22)(H,20,24). The van der Waals surface area contributed by atoms with Gasteiger partial charge < -0.3 is 20.7 Å². The third-order valence-electron chi connectivity index (χ3n) is 4.36. The lowest BCUT2D eigenvalue weighted by Crippen LogP contribution is -2.52. The fraction of sp³-hybridized carbons (Fsp3) is 0.500. The van der Waals surface area contributed by atoms with Gasteiger partial charge in [-0.15, -0.1) is 0 Å². The number of nitrogens with two attached hydrogens (primary N) is 1. The molecule has 136 valence electrons. The summed E-state index contributed by atoms with van der Waals surface area (Å²) in [6, 6.07) is 8.79. The number of carbonyl (C=O) groups is 3. The van der Waals surface area contributed by atoms with Crippen molar-refractivity contribution in [1.82, 2.24) is 10.2 Å². The number of alkyl carbamates (subject to hydrolysis) is 1. The van der Waals surface area contributed by atoms with Crippen molar-refractivity contribution in [3.05, 3.63) is 35.9 Å². The Morgan fingerprint density at radius 2 is 1.88 bits per heavy atom. The Morgan fingerprint density at radius 1 is 1.24 bits per heavy atom. The number of ether oxygens (including phenoxy) is 1. The van der Waals surface area contributed by atoms with Crippen molar-refractivity contribution < 1.29 is 19.1 Å².